The van der Waals surface area contributed by atoms with Crippen LogP contribution < -0.4 is 15.1 Å². The lowest BCUT2D eigenvalue weighted by molar-refractivity contribution is -0.384. The van der Waals surface area contributed by atoms with Gasteiger partial charge in [0.05, 0.1) is 29.7 Å². The lowest BCUT2D eigenvalue weighted by Crippen LogP contribution is -2.40. The summed E-state index contributed by atoms with van der Waals surface area (Å²) in [7, 11) is 0. The minimum Gasteiger partial charge on any atom is -0.444 e. The van der Waals surface area contributed by atoms with Crippen molar-refractivity contribution in [3.8, 4) is 0 Å². The number of non-ortho nitro benzene ring substituents is 1. The standard InChI is InChI=1S/C21H28N6O5/c1-21(2,3)32-20(28)22-14-6-7-26(13-14)18-16-5-4-15(27(29)30)12-17(16)23-19(24-18)25-8-10-31-11-9-25/h4-5,12,14H,6-11,13H2,1-3H3,(H,22,28)/t14-/m1/s1. The van der Waals surface area contributed by atoms with Crippen molar-refractivity contribution in [2.24, 2.45) is 0 Å². The number of ether oxygens (including phenoxy) is 2. The Hall–Kier alpha value is -3.21. The van der Waals surface area contributed by atoms with Crippen LogP contribution >= 0.6 is 0 Å². The molecule has 0 radical (unpaired) electrons. The molecule has 2 aliphatic rings. The fraction of sp³-hybridized carbons (Fsp3) is 0.571. The van der Waals surface area contributed by atoms with Crippen LogP contribution in [0, 0.1) is 10.1 Å². The van der Waals surface area contributed by atoms with Crippen LogP contribution in [-0.2, 0) is 9.47 Å². The lowest BCUT2D eigenvalue weighted by atomic mass is 10.2. The monoisotopic (exact) mass is 444 g/mol. The van der Waals surface area contributed by atoms with Gasteiger partial charge < -0.3 is 24.6 Å². The van der Waals surface area contributed by atoms with Gasteiger partial charge >= 0.3 is 6.09 Å². The van der Waals surface area contributed by atoms with Gasteiger partial charge in [0.2, 0.25) is 5.95 Å². The van der Waals surface area contributed by atoms with Gasteiger partial charge in [-0.2, -0.15) is 4.98 Å². The van der Waals surface area contributed by atoms with Gasteiger partial charge in [-0.15, -0.1) is 0 Å². The molecule has 2 saturated heterocycles. The van der Waals surface area contributed by atoms with Crippen LogP contribution in [0.3, 0.4) is 0 Å². The second-order valence-corrected chi connectivity index (χ2v) is 8.98. The molecule has 0 unspecified atom stereocenters. The van der Waals surface area contributed by atoms with E-state index in [0.29, 0.717) is 56.7 Å². The Morgan fingerprint density at radius 1 is 1.22 bits per heavy atom. The first-order valence-corrected chi connectivity index (χ1v) is 10.7. The maximum atomic E-state index is 12.2. The van der Waals surface area contributed by atoms with Gasteiger partial charge in [0.15, 0.2) is 0 Å². The van der Waals surface area contributed by atoms with Gasteiger partial charge in [-0.3, -0.25) is 10.1 Å². The first-order valence-electron chi connectivity index (χ1n) is 10.7. The topological polar surface area (TPSA) is 123 Å². The van der Waals surface area contributed by atoms with Gasteiger partial charge in [0, 0.05) is 43.7 Å². The molecule has 2 aliphatic heterocycles. The minimum atomic E-state index is -0.562. The van der Waals surface area contributed by atoms with Crippen LogP contribution in [0.4, 0.5) is 22.2 Å². The molecule has 1 amide bonds. The van der Waals surface area contributed by atoms with Crippen LogP contribution in [0.5, 0.6) is 0 Å². The average molecular weight is 444 g/mol. The maximum Gasteiger partial charge on any atom is 0.407 e. The van der Waals surface area contributed by atoms with E-state index in [0.717, 1.165) is 11.8 Å². The zero-order chi connectivity index (χ0) is 22.9. The molecule has 0 saturated carbocycles. The van der Waals surface area contributed by atoms with E-state index < -0.39 is 16.6 Å². The summed E-state index contributed by atoms with van der Waals surface area (Å²) in [5.41, 5.74) is -0.0530. The number of anilines is 2. The van der Waals surface area contributed by atoms with Crippen LogP contribution in [0.15, 0.2) is 18.2 Å². The number of nitrogens with one attached hydrogen (secondary N) is 1. The van der Waals surface area contributed by atoms with Crippen LogP contribution in [-0.4, -0.2) is 72.0 Å². The fourth-order valence-corrected chi connectivity index (χ4v) is 3.89. The molecule has 1 aromatic carbocycles. The number of carbonyl (C=O) groups is 1. The summed E-state index contributed by atoms with van der Waals surface area (Å²) >= 11 is 0. The van der Waals surface area contributed by atoms with Crippen LogP contribution in [0.1, 0.15) is 27.2 Å². The second kappa shape index (κ2) is 8.73. The highest BCUT2D eigenvalue weighted by molar-refractivity contribution is 5.92. The largest absolute Gasteiger partial charge is 0.444 e. The summed E-state index contributed by atoms with van der Waals surface area (Å²) in [6, 6.07) is 4.56. The molecule has 0 aliphatic carbocycles. The van der Waals surface area contributed by atoms with Crippen molar-refractivity contribution in [1.82, 2.24) is 15.3 Å². The van der Waals surface area contributed by atoms with E-state index in [1.165, 1.54) is 12.1 Å². The number of carbonyl (C=O) groups excluding carboxylic acids is 1. The molecule has 1 atom stereocenters. The van der Waals surface area contributed by atoms with E-state index in [9.17, 15) is 14.9 Å². The van der Waals surface area contributed by atoms with Gasteiger partial charge in [0.1, 0.15) is 11.4 Å². The van der Waals surface area contributed by atoms with E-state index in [2.05, 4.69) is 15.2 Å². The molecule has 172 valence electrons. The van der Waals surface area contributed by atoms with E-state index in [4.69, 9.17) is 14.5 Å². The summed E-state index contributed by atoms with van der Waals surface area (Å²) < 4.78 is 10.8. The SMILES string of the molecule is CC(C)(C)OC(=O)N[C@@H]1CCN(c2nc(N3CCOCC3)nc3cc([N+](=O)[O-])ccc23)C1. The quantitative estimate of drug-likeness (QED) is 0.559. The number of hydrogen-bond acceptors (Lipinski definition) is 9. The van der Waals surface area contributed by atoms with Crippen molar-refractivity contribution in [2.45, 2.75) is 38.8 Å². The van der Waals surface area contributed by atoms with E-state index >= 15 is 0 Å². The zero-order valence-electron chi connectivity index (χ0n) is 18.5. The third-order valence-corrected chi connectivity index (χ3v) is 5.36. The summed E-state index contributed by atoms with van der Waals surface area (Å²) in [5, 5.41) is 15.0. The van der Waals surface area contributed by atoms with E-state index in [-0.39, 0.29) is 11.7 Å². The van der Waals surface area contributed by atoms with Gasteiger partial charge in [-0.25, -0.2) is 9.78 Å². The molecular formula is C21H28N6O5. The van der Waals surface area contributed by atoms with Crippen molar-refractivity contribution < 1.29 is 19.2 Å². The Morgan fingerprint density at radius 3 is 2.66 bits per heavy atom. The third-order valence-electron chi connectivity index (χ3n) is 5.36. The zero-order valence-corrected chi connectivity index (χ0v) is 18.5. The van der Waals surface area contributed by atoms with Gasteiger partial charge in [-0.05, 0) is 33.3 Å². The first-order chi connectivity index (χ1) is 15.2. The number of morpholine rings is 1. The summed E-state index contributed by atoms with van der Waals surface area (Å²) in [6.45, 7) is 9.20. The van der Waals surface area contributed by atoms with Crippen molar-refractivity contribution in [3.05, 3.63) is 28.3 Å². The number of fused-ring (bicyclic) bond motifs is 1. The Kier molecular flexibility index (Phi) is 6.00. The molecule has 0 spiro atoms. The number of nitro benzene ring substituents is 1. The highest BCUT2D eigenvalue weighted by Crippen LogP contribution is 2.31. The molecule has 4 rings (SSSR count). The Balaban J connectivity index is 1.62. The molecule has 11 nitrogen and oxygen atoms in total. The number of nitrogens with zero attached hydrogens (tertiary/aromatic N) is 5. The van der Waals surface area contributed by atoms with Crippen LogP contribution in [0.25, 0.3) is 10.9 Å². The van der Waals surface area contributed by atoms with Crippen molar-refractivity contribution in [2.75, 3.05) is 49.2 Å². The number of aromatic nitrogens is 2. The lowest BCUT2D eigenvalue weighted by Gasteiger charge is -2.28. The predicted octanol–water partition coefficient (Wildman–Crippen LogP) is 2.48. The number of amides is 1. The highest BCUT2D eigenvalue weighted by atomic mass is 16.6. The minimum absolute atomic E-state index is 0.0130. The number of nitro groups is 1. The van der Waals surface area contributed by atoms with Crippen LogP contribution in [0.2, 0.25) is 0 Å². The van der Waals surface area contributed by atoms with E-state index in [1.807, 2.05) is 25.7 Å². The number of rotatable bonds is 4. The van der Waals surface area contributed by atoms with Crippen molar-refractivity contribution in [3.63, 3.8) is 0 Å². The Morgan fingerprint density at radius 2 is 1.97 bits per heavy atom. The summed E-state index contributed by atoms with van der Waals surface area (Å²) in [4.78, 5) is 36.6. The molecule has 2 fully saturated rings. The first kappa shape index (κ1) is 22.0. The van der Waals surface area contributed by atoms with E-state index in [1.54, 1.807) is 6.07 Å². The summed E-state index contributed by atoms with van der Waals surface area (Å²) in [6.07, 6.45) is 0.298. The second-order valence-electron chi connectivity index (χ2n) is 8.98. The van der Waals surface area contributed by atoms with Gasteiger partial charge in [0.25, 0.3) is 5.69 Å². The number of benzene rings is 1. The third kappa shape index (κ3) is 4.98. The normalized spacial score (nSPS) is 19.3. The Bertz CT molecular complexity index is 1020. The smallest absolute Gasteiger partial charge is 0.407 e. The molecular weight excluding hydrogens is 416 g/mol. The molecule has 1 aromatic heterocycles. The summed E-state index contributed by atoms with van der Waals surface area (Å²) in [5.74, 6) is 1.24. The molecule has 2 aromatic rings. The van der Waals surface area contributed by atoms with Gasteiger partial charge in [-0.1, -0.05) is 0 Å². The molecule has 32 heavy (non-hydrogen) atoms. The predicted molar refractivity (Wildman–Crippen MR) is 119 cm³/mol. The molecule has 11 heteroatoms. The Labute approximate surface area is 185 Å². The molecule has 1 N–H and O–H groups in total. The molecule has 3 heterocycles. The number of hydrogen-bond donors (Lipinski definition) is 1. The van der Waals surface area contributed by atoms with Crippen molar-refractivity contribution >= 4 is 34.4 Å². The average Bonchev–Trinajstić information content (AvgIpc) is 3.19. The highest BCUT2D eigenvalue weighted by Gasteiger charge is 2.29. The molecule has 0 bridgehead atoms. The number of alkyl carbamates (subject to hydrolysis) is 1. The van der Waals surface area contributed by atoms with Crippen molar-refractivity contribution in [1.29, 1.82) is 0 Å². The maximum absolute atomic E-state index is 12.2. The fourth-order valence-electron chi connectivity index (χ4n) is 3.89.